The van der Waals surface area contributed by atoms with E-state index in [4.69, 9.17) is 40.9 Å². The molecule has 5 rings (SSSR count). The molecule has 0 fully saturated rings. The number of amides is 2. The van der Waals surface area contributed by atoms with Crippen molar-refractivity contribution in [1.82, 2.24) is 25.4 Å². The Morgan fingerprint density at radius 3 is 2.27 bits per heavy atom. The molecule has 2 heterocycles. The van der Waals surface area contributed by atoms with Crippen molar-refractivity contribution in [3.63, 3.8) is 0 Å². The first-order valence-corrected chi connectivity index (χ1v) is 15.7. The normalized spacial score (nSPS) is 13.5. The molecule has 250 valence electrons. The second kappa shape index (κ2) is 16.5. The number of hydrogen-bond acceptors (Lipinski definition) is 10. The first kappa shape index (κ1) is 34.7. The van der Waals surface area contributed by atoms with E-state index in [0.29, 0.717) is 72.1 Å². The number of aryl methyl sites for hydroxylation is 1. The molecule has 0 saturated carbocycles. The highest BCUT2D eigenvalue weighted by Gasteiger charge is 2.30. The minimum absolute atomic E-state index is 0.0444. The number of ether oxygens (including phenoxy) is 3. The van der Waals surface area contributed by atoms with Gasteiger partial charge in [0.15, 0.2) is 5.82 Å². The highest BCUT2D eigenvalue weighted by Crippen LogP contribution is 2.34. The van der Waals surface area contributed by atoms with Crippen LogP contribution in [0.15, 0.2) is 71.7 Å². The van der Waals surface area contributed by atoms with Gasteiger partial charge in [-0.05, 0) is 54.9 Å². The fourth-order valence-electron chi connectivity index (χ4n) is 5.15. The summed E-state index contributed by atoms with van der Waals surface area (Å²) in [6, 6.07) is 18.5. The molecule has 4 aromatic rings. The van der Waals surface area contributed by atoms with Gasteiger partial charge in [0.25, 0.3) is 5.91 Å². The van der Waals surface area contributed by atoms with Crippen LogP contribution >= 0.6 is 11.6 Å². The molecule has 48 heavy (non-hydrogen) atoms. The van der Waals surface area contributed by atoms with Crippen LogP contribution in [0, 0.1) is 6.92 Å². The Morgan fingerprint density at radius 2 is 1.60 bits per heavy atom. The van der Waals surface area contributed by atoms with E-state index in [-0.39, 0.29) is 24.8 Å². The Kier molecular flexibility index (Phi) is 11.9. The van der Waals surface area contributed by atoms with E-state index >= 15 is 0 Å². The van der Waals surface area contributed by atoms with Crippen molar-refractivity contribution in [2.45, 2.75) is 19.4 Å². The molecule has 3 aromatic carbocycles. The smallest absolute Gasteiger partial charge is 0.488 e. The summed E-state index contributed by atoms with van der Waals surface area (Å²) in [6.45, 7) is 3.67. The van der Waals surface area contributed by atoms with Crippen molar-refractivity contribution in [2.24, 2.45) is 4.99 Å². The number of nitrogens with one attached hydrogen (secondary N) is 2. The fraction of sp³-hybridized carbons (Fsp3) is 0.303. The third-order valence-electron chi connectivity index (χ3n) is 7.57. The summed E-state index contributed by atoms with van der Waals surface area (Å²) in [6.07, 6.45) is 0.0444. The SMILES string of the molecule is COc1ccc2c(c1)C(c1ccc(Cl)cc1)=NC(CC(=O)NCCOCCOCCNC(=O)c1ccc(B(O)O)cc1)c1nnc(C)n1-2. The molecule has 1 aliphatic heterocycles. The van der Waals surface area contributed by atoms with Gasteiger partial charge in [0, 0.05) is 34.8 Å². The molecular weight excluding hydrogens is 639 g/mol. The minimum atomic E-state index is -1.58. The second-order valence-electron chi connectivity index (χ2n) is 10.9. The number of carbonyl (C=O) groups is 2. The average Bonchev–Trinajstić information content (AvgIpc) is 3.42. The predicted octanol–water partition coefficient (Wildman–Crippen LogP) is 1.78. The van der Waals surface area contributed by atoms with E-state index in [1.807, 2.05) is 41.8 Å². The lowest BCUT2D eigenvalue weighted by molar-refractivity contribution is -0.121. The predicted molar refractivity (Wildman–Crippen MR) is 180 cm³/mol. The highest BCUT2D eigenvalue weighted by molar-refractivity contribution is 6.58. The molecule has 1 atom stereocenters. The maximum absolute atomic E-state index is 13.1. The number of benzene rings is 3. The van der Waals surface area contributed by atoms with Crippen molar-refractivity contribution in [1.29, 1.82) is 0 Å². The van der Waals surface area contributed by atoms with Crippen LogP contribution < -0.4 is 20.8 Å². The van der Waals surface area contributed by atoms with Crippen LogP contribution in [0.25, 0.3) is 5.69 Å². The Morgan fingerprint density at radius 1 is 0.917 bits per heavy atom. The van der Waals surface area contributed by atoms with E-state index in [1.165, 1.54) is 24.3 Å². The average molecular weight is 675 g/mol. The van der Waals surface area contributed by atoms with E-state index in [0.717, 1.165) is 16.8 Å². The number of halogens is 1. The topological polar surface area (TPSA) is 169 Å². The molecule has 13 nitrogen and oxygen atoms in total. The minimum Gasteiger partial charge on any atom is -0.497 e. The molecule has 2 amide bonds. The molecular formula is C33H36BClN6O7. The summed E-state index contributed by atoms with van der Waals surface area (Å²) in [5, 5.41) is 33.2. The highest BCUT2D eigenvalue weighted by atomic mass is 35.5. The molecule has 1 unspecified atom stereocenters. The van der Waals surface area contributed by atoms with Crippen LogP contribution in [-0.2, 0) is 14.3 Å². The molecule has 0 bridgehead atoms. The molecule has 1 aliphatic rings. The summed E-state index contributed by atoms with van der Waals surface area (Å²) in [4.78, 5) is 30.3. The lowest BCUT2D eigenvalue weighted by Crippen LogP contribution is -2.31. The van der Waals surface area contributed by atoms with Gasteiger partial charge >= 0.3 is 7.12 Å². The maximum Gasteiger partial charge on any atom is 0.488 e. The van der Waals surface area contributed by atoms with E-state index in [2.05, 4.69) is 20.8 Å². The van der Waals surface area contributed by atoms with Gasteiger partial charge in [0.05, 0.1) is 51.4 Å². The Hall–Kier alpha value is -4.60. The van der Waals surface area contributed by atoms with Crippen LogP contribution in [0.5, 0.6) is 5.75 Å². The molecule has 1 aromatic heterocycles. The Labute approximate surface area is 283 Å². The zero-order valence-electron chi connectivity index (χ0n) is 26.6. The quantitative estimate of drug-likeness (QED) is 0.108. The first-order chi connectivity index (χ1) is 23.2. The molecule has 4 N–H and O–H groups in total. The number of carbonyl (C=O) groups excluding carboxylic acids is 2. The fourth-order valence-corrected chi connectivity index (χ4v) is 5.28. The van der Waals surface area contributed by atoms with Crippen LogP contribution in [0.1, 0.15) is 45.6 Å². The lowest BCUT2D eigenvalue weighted by Gasteiger charge is -2.14. The van der Waals surface area contributed by atoms with Gasteiger partial charge < -0.3 is 34.9 Å². The largest absolute Gasteiger partial charge is 0.497 e. The molecule has 0 saturated heterocycles. The number of methoxy groups -OCH3 is 1. The van der Waals surface area contributed by atoms with Crippen LogP contribution in [-0.4, -0.2) is 96.1 Å². The number of rotatable bonds is 15. The van der Waals surface area contributed by atoms with Crippen LogP contribution in [0.4, 0.5) is 0 Å². The van der Waals surface area contributed by atoms with Gasteiger partial charge in [-0.3, -0.25) is 19.1 Å². The first-order valence-electron chi connectivity index (χ1n) is 15.4. The third-order valence-corrected chi connectivity index (χ3v) is 7.82. The lowest BCUT2D eigenvalue weighted by atomic mass is 9.80. The summed E-state index contributed by atoms with van der Waals surface area (Å²) in [7, 11) is 0.0269. The van der Waals surface area contributed by atoms with E-state index in [1.54, 1.807) is 19.2 Å². The van der Waals surface area contributed by atoms with Gasteiger partial charge in [-0.15, -0.1) is 10.2 Å². The Bertz CT molecular complexity index is 1750. The number of aromatic nitrogens is 3. The zero-order valence-corrected chi connectivity index (χ0v) is 27.3. The van der Waals surface area contributed by atoms with Crippen molar-refractivity contribution < 1.29 is 33.8 Å². The second-order valence-corrected chi connectivity index (χ2v) is 11.3. The number of aliphatic imine (C=N–C) groups is 1. The molecule has 15 heteroatoms. The van der Waals surface area contributed by atoms with Crippen molar-refractivity contribution in [3.8, 4) is 11.4 Å². The maximum atomic E-state index is 13.1. The Balaban J connectivity index is 1.09. The molecule has 0 spiro atoms. The van der Waals surface area contributed by atoms with Gasteiger partial charge in [-0.25, -0.2) is 0 Å². The summed E-state index contributed by atoms with van der Waals surface area (Å²) in [5.41, 5.74) is 3.88. The van der Waals surface area contributed by atoms with E-state index in [9.17, 15) is 9.59 Å². The number of fused-ring (bicyclic) bond motifs is 3. The monoisotopic (exact) mass is 674 g/mol. The van der Waals surface area contributed by atoms with E-state index < -0.39 is 13.2 Å². The van der Waals surface area contributed by atoms with Gasteiger partial charge in [0.1, 0.15) is 17.6 Å². The van der Waals surface area contributed by atoms with Crippen molar-refractivity contribution in [2.75, 3.05) is 46.6 Å². The van der Waals surface area contributed by atoms with Gasteiger partial charge in [-0.1, -0.05) is 35.9 Å². The molecule has 0 radical (unpaired) electrons. The molecule has 0 aliphatic carbocycles. The van der Waals surface area contributed by atoms with Crippen LogP contribution in [0.3, 0.4) is 0 Å². The van der Waals surface area contributed by atoms with Gasteiger partial charge in [0.2, 0.25) is 5.91 Å². The zero-order chi connectivity index (χ0) is 34.0. The summed E-state index contributed by atoms with van der Waals surface area (Å²) < 4.78 is 18.5. The summed E-state index contributed by atoms with van der Waals surface area (Å²) in [5.74, 6) is 1.39. The standard InChI is InChI=1S/C33H36BClN6O7/c1-21-39-40-32-28(38-31(22-5-9-25(35)10-6-22)27-19-26(46-2)11-12-29(27)41(21)32)20-30(42)36-13-15-47-17-18-48-16-14-37-33(43)23-3-7-24(8-4-23)34(44)45/h3-12,19,28,44-45H,13-18,20H2,1-2H3,(H,36,42)(H,37,43). The van der Waals surface area contributed by atoms with Crippen molar-refractivity contribution >= 4 is 41.7 Å². The number of hydrogen-bond donors (Lipinski definition) is 4. The number of nitrogens with zero attached hydrogens (tertiary/aromatic N) is 4. The summed E-state index contributed by atoms with van der Waals surface area (Å²) >= 11 is 6.18. The van der Waals surface area contributed by atoms with Crippen LogP contribution in [0.2, 0.25) is 5.02 Å². The third kappa shape index (κ3) is 8.65. The van der Waals surface area contributed by atoms with Gasteiger partial charge in [-0.2, -0.15) is 0 Å². The van der Waals surface area contributed by atoms with Crippen molar-refractivity contribution in [3.05, 3.63) is 100 Å².